The van der Waals surface area contributed by atoms with E-state index in [1.54, 1.807) is 6.07 Å². The summed E-state index contributed by atoms with van der Waals surface area (Å²) in [5, 5.41) is 19.9. The van der Waals surface area contributed by atoms with Crippen molar-refractivity contribution < 1.29 is 14.9 Å². The van der Waals surface area contributed by atoms with Gasteiger partial charge in [-0.3, -0.25) is 9.80 Å². The Hall–Kier alpha value is -1.79. The lowest BCUT2D eigenvalue weighted by Gasteiger charge is -2.41. The highest BCUT2D eigenvalue weighted by atomic mass is 35.5. The number of phenols is 1. The van der Waals surface area contributed by atoms with Crippen molar-refractivity contribution in [1.29, 1.82) is 0 Å². The van der Waals surface area contributed by atoms with Crippen molar-refractivity contribution in [1.82, 2.24) is 9.80 Å². The van der Waals surface area contributed by atoms with Crippen LogP contribution in [0.25, 0.3) is 0 Å². The van der Waals surface area contributed by atoms with E-state index >= 15 is 0 Å². The largest absolute Gasteiger partial charge is 0.504 e. The lowest BCUT2D eigenvalue weighted by atomic mass is 10.1. The van der Waals surface area contributed by atoms with Gasteiger partial charge in [-0.05, 0) is 23.6 Å². The number of aliphatic hydroxyl groups excluding tert-OH is 1. The Bertz CT molecular complexity index is 742. The van der Waals surface area contributed by atoms with Gasteiger partial charge in [0.15, 0.2) is 11.5 Å². The van der Waals surface area contributed by atoms with E-state index < -0.39 is 0 Å². The number of phenolic OH excluding ortho intramolecular Hbond substituents is 1. The average Bonchev–Trinajstić information content (AvgIpc) is 2.67. The zero-order chi connectivity index (χ0) is 19.2. The number of aliphatic hydroxyl groups is 1. The molecule has 1 heterocycles. The number of rotatable bonds is 7. The fraction of sp³-hybridized carbons (Fsp3) is 0.429. The fourth-order valence-corrected chi connectivity index (χ4v) is 3.88. The van der Waals surface area contributed by atoms with Gasteiger partial charge in [0, 0.05) is 56.5 Å². The van der Waals surface area contributed by atoms with Crippen molar-refractivity contribution in [3.05, 3.63) is 58.6 Å². The Kier molecular flexibility index (Phi) is 6.96. The molecule has 1 atom stereocenters. The molecule has 0 saturated carbocycles. The van der Waals surface area contributed by atoms with Gasteiger partial charge in [0.05, 0.1) is 7.11 Å². The van der Waals surface area contributed by atoms with Gasteiger partial charge in [-0.15, -0.1) is 0 Å². The Balaban J connectivity index is 1.67. The van der Waals surface area contributed by atoms with Crippen LogP contribution in [0.2, 0.25) is 5.02 Å². The van der Waals surface area contributed by atoms with Crippen molar-refractivity contribution >= 4 is 11.6 Å². The van der Waals surface area contributed by atoms with E-state index in [0.29, 0.717) is 23.4 Å². The number of hydrogen-bond acceptors (Lipinski definition) is 5. The zero-order valence-corrected chi connectivity index (χ0v) is 16.4. The molecular weight excluding hydrogens is 364 g/mol. The molecular formula is C21H27ClN2O3. The number of nitrogens with zero attached hydrogens (tertiary/aromatic N) is 2. The number of piperazine rings is 1. The Morgan fingerprint density at radius 1 is 1.15 bits per heavy atom. The minimum Gasteiger partial charge on any atom is -0.504 e. The van der Waals surface area contributed by atoms with Crippen LogP contribution < -0.4 is 4.74 Å². The first-order chi connectivity index (χ1) is 13.1. The van der Waals surface area contributed by atoms with Gasteiger partial charge < -0.3 is 14.9 Å². The van der Waals surface area contributed by atoms with Crippen molar-refractivity contribution in [2.24, 2.45) is 0 Å². The van der Waals surface area contributed by atoms with Crippen LogP contribution >= 0.6 is 11.6 Å². The number of ether oxygens (including phenoxy) is 1. The summed E-state index contributed by atoms with van der Waals surface area (Å²) in [5.41, 5.74) is 2.23. The lowest BCUT2D eigenvalue weighted by molar-refractivity contribution is 0.0499. The molecule has 3 rings (SSSR count). The van der Waals surface area contributed by atoms with Gasteiger partial charge >= 0.3 is 0 Å². The molecule has 0 aliphatic carbocycles. The Morgan fingerprint density at radius 2 is 1.93 bits per heavy atom. The minimum atomic E-state index is 0.0529. The summed E-state index contributed by atoms with van der Waals surface area (Å²) in [6, 6.07) is 14.1. The fourth-order valence-electron chi connectivity index (χ4n) is 3.66. The molecule has 2 aromatic carbocycles. The van der Waals surface area contributed by atoms with Gasteiger partial charge in [-0.1, -0.05) is 41.9 Å². The van der Waals surface area contributed by atoms with E-state index in [1.165, 1.54) is 18.7 Å². The topological polar surface area (TPSA) is 56.2 Å². The van der Waals surface area contributed by atoms with Gasteiger partial charge in [0.25, 0.3) is 0 Å². The van der Waals surface area contributed by atoms with Crippen LogP contribution in [0.5, 0.6) is 11.5 Å². The molecule has 2 aromatic rings. The van der Waals surface area contributed by atoms with Gasteiger partial charge in [0.1, 0.15) is 0 Å². The summed E-state index contributed by atoms with van der Waals surface area (Å²) in [6.07, 6.45) is 0.746. The maximum Gasteiger partial charge on any atom is 0.160 e. The maximum atomic E-state index is 9.85. The van der Waals surface area contributed by atoms with Crippen LogP contribution in [0.1, 0.15) is 17.5 Å². The number of hydrogen-bond donors (Lipinski definition) is 2. The lowest BCUT2D eigenvalue weighted by Crippen LogP contribution is -2.52. The second-order valence-electron chi connectivity index (χ2n) is 6.97. The maximum absolute atomic E-state index is 9.85. The third-order valence-corrected chi connectivity index (χ3v) is 5.47. The number of aromatic hydroxyl groups is 1. The quantitative estimate of drug-likeness (QED) is 0.760. The summed E-state index contributed by atoms with van der Waals surface area (Å²) >= 11 is 6.32. The van der Waals surface area contributed by atoms with Crippen LogP contribution in [0.3, 0.4) is 0 Å². The first-order valence-corrected chi connectivity index (χ1v) is 9.65. The molecule has 5 nitrogen and oxygen atoms in total. The molecule has 146 valence electrons. The normalized spacial score (nSPS) is 18.6. The second kappa shape index (κ2) is 9.42. The van der Waals surface area contributed by atoms with Crippen LogP contribution in [-0.4, -0.2) is 59.4 Å². The molecule has 0 aromatic heterocycles. The third kappa shape index (κ3) is 5.14. The SMILES string of the molecule is COc1cc(CN2CCN(Cc3ccccc3)C(CCO)C2)c(Cl)cc1O. The van der Waals surface area contributed by atoms with E-state index in [9.17, 15) is 10.2 Å². The summed E-state index contributed by atoms with van der Waals surface area (Å²) in [4.78, 5) is 4.79. The van der Waals surface area contributed by atoms with Gasteiger partial charge in [-0.2, -0.15) is 0 Å². The van der Waals surface area contributed by atoms with Crippen molar-refractivity contribution in [3.63, 3.8) is 0 Å². The second-order valence-corrected chi connectivity index (χ2v) is 7.38. The minimum absolute atomic E-state index is 0.0529. The molecule has 1 fully saturated rings. The first-order valence-electron chi connectivity index (χ1n) is 9.27. The highest BCUT2D eigenvalue weighted by Gasteiger charge is 2.27. The van der Waals surface area contributed by atoms with E-state index in [4.69, 9.17) is 16.3 Å². The molecule has 1 aliphatic heterocycles. The predicted molar refractivity (Wildman–Crippen MR) is 107 cm³/mol. The smallest absolute Gasteiger partial charge is 0.160 e. The highest BCUT2D eigenvalue weighted by molar-refractivity contribution is 6.31. The van der Waals surface area contributed by atoms with Crippen molar-refractivity contribution in [2.45, 2.75) is 25.6 Å². The van der Waals surface area contributed by atoms with Gasteiger partial charge in [0.2, 0.25) is 0 Å². The summed E-state index contributed by atoms with van der Waals surface area (Å²) in [6.45, 7) is 4.49. The van der Waals surface area contributed by atoms with E-state index in [1.807, 2.05) is 6.07 Å². The van der Waals surface area contributed by atoms with Crippen molar-refractivity contribution in [2.75, 3.05) is 33.4 Å². The Morgan fingerprint density at radius 3 is 2.63 bits per heavy atom. The van der Waals surface area contributed by atoms with E-state index in [-0.39, 0.29) is 12.4 Å². The molecule has 2 N–H and O–H groups in total. The zero-order valence-electron chi connectivity index (χ0n) is 15.6. The van der Waals surface area contributed by atoms with Crippen LogP contribution in [0.4, 0.5) is 0 Å². The van der Waals surface area contributed by atoms with Gasteiger partial charge in [-0.25, -0.2) is 0 Å². The predicted octanol–water partition coefficient (Wildman–Crippen LogP) is 3.12. The highest BCUT2D eigenvalue weighted by Crippen LogP contribution is 2.33. The van der Waals surface area contributed by atoms with Crippen LogP contribution in [0.15, 0.2) is 42.5 Å². The molecule has 1 aliphatic rings. The van der Waals surface area contributed by atoms with Crippen molar-refractivity contribution in [3.8, 4) is 11.5 Å². The average molecular weight is 391 g/mol. The number of methoxy groups -OCH3 is 1. The summed E-state index contributed by atoms with van der Waals surface area (Å²) < 4.78 is 5.20. The van der Waals surface area contributed by atoms with Crippen LogP contribution in [0, 0.1) is 0 Å². The third-order valence-electron chi connectivity index (χ3n) is 5.12. The summed E-state index contributed by atoms with van der Waals surface area (Å²) in [7, 11) is 1.53. The van der Waals surface area contributed by atoms with Crippen LogP contribution in [-0.2, 0) is 13.1 Å². The number of benzene rings is 2. The molecule has 1 saturated heterocycles. The molecule has 27 heavy (non-hydrogen) atoms. The summed E-state index contributed by atoms with van der Waals surface area (Å²) in [5.74, 6) is 0.487. The van der Waals surface area contributed by atoms with E-state index in [2.05, 4.69) is 34.1 Å². The first kappa shape index (κ1) is 20.0. The number of halogens is 1. The molecule has 0 amide bonds. The Labute approximate surface area is 165 Å². The molecule has 1 unspecified atom stereocenters. The monoisotopic (exact) mass is 390 g/mol. The molecule has 0 spiro atoms. The standard InChI is InChI=1S/C21H27ClN2O3/c1-27-21-11-17(19(22)12-20(21)26)14-23-8-9-24(18(15-23)7-10-25)13-16-5-3-2-4-6-16/h2-6,11-12,18,25-26H,7-10,13-15H2,1H3. The molecule has 6 heteroatoms. The van der Waals surface area contributed by atoms with E-state index in [0.717, 1.165) is 38.2 Å². The molecule has 0 radical (unpaired) electrons. The molecule has 0 bridgehead atoms.